The molecule has 0 spiro atoms. The van der Waals surface area contributed by atoms with Gasteiger partial charge in [-0.2, -0.15) is 13.2 Å². The van der Waals surface area contributed by atoms with Gasteiger partial charge in [-0.15, -0.1) is 10.2 Å². The average molecular weight is 442 g/mol. The lowest BCUT2D eigenvalue weighted by molar-refractivity contribution is -0.137. The third kappa shape index (κ3) is 5.07. The Bertz CT molecular complexity index is 1010. The number of hydrogen-bond acceptors (Lipinski definition) is 5. The SMILES string of the molecule is CCn1c(SCC(=O)Nc2ccc(Cl)cc2C(F)(F)F)nnc1-c1cccnc1. The molecule has 11 heteroatoms. The number of carbonyl (C=O) groups excluding carboxylic acids is 1. The molecule has 1 amide bonds. The number of thioether (sulfide) groups is 1. The molecule has 2 heterocycles. The molecular weight excluding hydrogens is 427 g/mol. The van der Waals surface area contributed by atoms with E-state index in [-0.39, 0.29) is 16.5 Å². The number of carbonyl (C=O) groups is 1. The fourth-order valence-corrected chi connectivity index (χ4v) is 3.54. The highest BCUT2D eigenvalue weighted by atomic mass is 35.5. The van der Waals surface area contributed by atoms with Crippen LogP contribution in [0, 0.1) is 0 Å². The van der Waals surface area contributed by atoms with Crippen LogP contribution in [0.15, 0.2) is 47.9 Å². The monoisotopic (exact) mass is 441 g/mol. The average Bonchev–Trinajstić information content (AvgIpc) is 3.10. The van der Waals surface area contributed by atoms with E-state index in [0.717, 1.165) is 29.5 Å². The molecule has 0 bridgehead atoms. The zero-order valence-corrected chi connectivity index (χ0v) is 16.6. The summed E-state index contributed by atoms with van der Waals surface area (Å²) in [5.74, 6) is -0.137. The molecule has 0 fully saturated rings. The topological polar surface area (TPSA) is 72.7 Å². The Morgan fingerprint density at radius 3 is 2.72 bits per heavy atom. The lowest BCUT2D eigenvalue weighted by Gasteiger charge is -2.14. The number of alkyl halides is 3. The van der Waals surface area contributed by atoms with Crippen LogP contribution < -0.4 is 5.32 Å². The lowest BCUT2D eigenvalue weighted by Crippen LogP contribution is -2.18. The molecule has 6 nitrogen and oxygen atoms in total. The van der Waals surface area contributed by atoms with Gasteiger partial charge in [0.2, 0.25) is 5.91 Å². The molecule has 1 aromatic carbocycles. The maximum absolute atomic E-state index is 13.2. The van der Waals surface area contributed by atoms with E-state index in [2.05, 4.69) is 20.5 Å². The molecule has 152 valence electrons. The van der Waals surface area contributed by atoms with Gasteiger partial charge in [0.1, 0.15) is 0 Å². The summed E-state index contributed by atoms with van der Waals surface area (Å²) < 4.78 is 41.3. The van der Waals surface area contributed by atoms with Crippen molar-refractivity contribution in [2.24, 2.45) is 0 Å². The van der Waals surface area contributed by atoms with E-state index in [0.29, 0.717) is 17.5 Å². The van der Waals surface area contributed by atoms with Crippen LogP contribution in [-0.4, -0.2) is 31.4 Å². The first-order valence-electron chi connectivity index (χ1n) is 8.42. The Morgan fingerprint density at radius 1 is 1.28 bits per heavy atom. The fraction of sp³-hybridized carbons (Fsp3) is 0.222. The van der Waals surface area contributed by atoms with Crippen LogP contribution in [0.5, 0.6) is 0 Å². The predicted octanol–water partition coefficient (Wildman–Crippen LogP) is 4.76. The van der Waals surface area contributed by atoms with Crippen molar-refractivity contribution in [2.45, 2.75) is 24.8 Å². The number of pyridine rings is 1. The third-order valence-electron chi connectivity index (χ3n) is 3.85. The number of nitrogens with zero attached hydrogens (tertiary/aromatic N) is 4. The summed E-state index contributed by atoms with van der Waals surface area (Å²) in [6.07, 6.45) is -1.35. The zero-order chi connectivity index (χ0) is 21.0. The number of aromatic nitrogens is 4. The molecule has 3 aromatic rings. The summed E-state index contributed by atoms with van der Waals surface area (Å²) in [7, 11) is 0. The first-order valence-corrected chi connectivity index (χ1v) is 9.79. The summed E-state index contributed by atoms with van der Waals surface area (Å²) in [5.41, 5.74) is -0.575. The normalized spacial score (nSPS) is 11.5. The Morgan fingerprint density at radius 2 is 2.07 bits per heavy atom. The molecule has 0 unspecified atom stereocenters. The number of benzene rings is 1. The molecule has 29 heavy (non-hydrogen) atoms. The number of nitrogens with one attached hydrogen (secondary N) is 1. The molecule has 0 aliphatic rings. The van der Waals surface area contributed by atoms with E-state index in [1.807, 2.05) is 13.0 Å². The van der Waals surface area contributed by atoms with Crippen molar-refractivity contribution >= 4 is 35.0 Å². The minimum atomic E-state index is -4.64. The van der Waals surface area contributed by atoms with E-state index in [4.69, 9.17) is 11.6 Å². The highest BCUT2D eigenvalue weighted by molar-refractivity contribution is 7.99. The first-order chi connectivity index (χ1) is 13.8. The smallest absolute Gasteiger partial charge is 0.325 e. The molecular formula is C18H15ClF3N5OS. The Labute approximate surface area is 173 Å². The van der Waals surface area contributed by atoms with Crippen molar-refractivity contribution in [3.63, 3.8) is 0 Å². The van der Waals surface area contributed by atoms with Gasteiger partial charge < -0.3 is 9.88 Å². The van der Waals surface area contributed by atoms with E-state index >= 15 is 0 Å². The second-order valence-electron chi connectivity index (χ2n) is 5.82. The predicted molar refractivity (Wildman–Crippen MR) is 105 cm³/mol. The van der Waals surface area contributed by atoms with Crippen LogP contribution >= 0.6 is 23.4 Å². The summed E-state index contributed by atoms with van der Waals surface area (Å²) in [5, 5.41) is 10.9. The number of halogens is 4. The highest BCUT2D eigenvalue weighted by Crippen LogP contribution is 2.36. The van der Waals surface area contributed by atoms with Crippen LogP contribution in [0.3, 0.4) is 0 Å². The van der Waals surface area contributed by atoms with Crippen molar-refractivity contribution in [1.82, 2.24) is 19.7 Å². The van der Waals surface area contributed by atoms with E-state index in [9.17, 15) is 18.0 Å². The largest absolute Gasteiger partial charge is 0.418 e. The van der Waals surface area contributed by atoms with Crippen molar-refractivity contribution in [3.05, 3.63) is 53.3 Å². The maximum atomic E-state index is 13.2. The fourth-order valence-electron chi connectivity index (χ4n) is 2.57. The molecule has 3 rings (SSSR count). The van der Waals surface area contributed by atoms with Gasteiger partial charge in [-0.25, -0.2) is 0 Å². The van der Waals surface area contributed by atoms with Crippen LogP contribution in [0.2, 0.25) is 5.02 Å². The summed E-state index contributed by atoms with van der Waals surface area (Å²) in [6.45, 7) is 2.45. The maximum Gasteiger partial charge on any atom is 0.418 e. The molecule has 0 aliphatic heterocycles. The minimum Gasteiger partial charge on any atom is -0.325 e. The van der Waals surface area contributed by atoms with Crippen molar-refractivity contribution in [2.75, 3.05) is 11.1 Å². The van der Waals surface area contributed by atoms with Gasteiger partial charge in [-0.1, -0.05) is 23.4 Å². The highest BCUT2D eigenvalue weighted by Gasteiger charge is 2.34. The van der Waals surface area contributed by atoms with Gasteiger partial charge in [-0.05, 0) is 37.3 Å². The van der Waals surface area contributed by atoms with Crippen LogP contribution in [0.25, 0.3) is 11.4 Å². The van der Waals surface area contributed by atoms with Crippen molar-refractivity contribution < 1.29 is 18.0 Å². The van der Waals surface area contributed by atoms with Gasteiger partial charge in [0, 0.05) is 29.5 Å². The number of anilines is 1. The van der Waals surface area contributed by atoms with Crippen LogP contribution in [0.4, 0.5) is 18.9 Å². The molecule has 2 aromatic heterocycles. The molecule has 0 aliphatic carbocycles. The molecule has 0 saturated carbocycles. The lowest BCUT2D eigenvalue weighted by atomic mass is 10.1. The van der Waals surface area contributed by atoms with Gasteiger partial charge in [0.15, 0.2) is 11.0 Å². The van der Waals surface area contributed by atoms with Gasteiger partial charge in [0.25, 0.3) is 0 Å². The van der Waals surface area contributed by atoms with E-state index in [1.165, 1.54) is 6.07 Å². The van der Waals surface area contributed by atoms with Gasteiger partial charge >= 0.3 is 6.18 Å². The molecule has 0 atom stereocenters. The Hall–Kier alpha value is -2.59. The minimum absolute atomic E-state index is 0.0660. The summed E-state index contributed by atoms with van der Waals surface area (Å²) >= 11 is 6.73. The summed E-state index contributed by atoms with van der Waals surface area (Å²) in [4.78, 5) is 16.3. The number of hydrogen-bond donors (Lipinski definition) is 1. The molecule has 0 saturated heterocycles. The third-order valence-corrected chi connectivity index (χ3v) is 5.05. The van der Waals surface area contributed by atoms with Gasteiger partial charge in [0.05, 0.1) is 17.0 Å². The number of rotatable bonds is 6. The number of amides is 1. The van der Waals surface area contributed by atoms with Crippen molar-refractivity contribution in [1.29, 1.82) is 0 Å². The summed E-state index contributed by atoms with van der Waals surface area (Å²) in [6, 6.07) is 6.80. The Kier molecular flexibility index (Phi) is 6.43. The van der Waals surface area contributed by atoms with E-state index < -0.39 is 17.6 Å². The molecule has 0 radical (unpaired) electrons. The van der Waals surface area contributed by atoms with E-state index in [1.54, 1.807) is 23.0 Å². The molecule has 1 N–H and O–H groups in total. The Balaban J connectivity index is 1.72. The second kappa shape index (κ2) is 8.83. The van der Waals surface area contributed by atoms with Crippen LogP contribution in [0.1, 0.15) is 12.5 Å². The van der Waals surface area contributed by atoms with Gasteiger partial charge in [-0.3, -0.25) is 9.78 Å². The van der Waals surface area contributed by atoms with Crippen molar-refractivity contribution in [3.8, 4) is 11.4 Å². The second-order valence-corrected chi connectivity index (χ2v) is 7.20. The quantitative estimate of drug-likeness (QED) is 0.558. The van der Waals surface area contributed by atoms with Crippen LogP contribution in [-0.2, 0) is 17.5 Å². The standard InChI is InChI=1S/C18H15ClF3N5OS/c1-2-27-16(11-4-3-7-23-9-11)25-26-17(27)29-10-15(28)24-14-6-5-12(19)8-13(14)18(20,21)22/h3-9H,2,10H2,1H3,(H,24,28). The first kappa shape index (κ1) is 21.1. The zero-order valence-electron chi connectivity index (χ0n) is 15.1.